The van der Waals surface area contributed by atoms with Gasteiger partial charge in [0, 0.05) is 16.3 Å². The first-order chi connectivity index (χ1) is 11.8. The highest BCUT2D eigenvalue weighted by molar-refractivity contribution is 6.31. The van der Waals surface area contributed by atoms with E-state index in [4.69, 9.17) is 11.6 Å². The maximum Gasteiger partial charge on any atom is 0.252 e. The first kappa shape index (κ1) is 19.0. The lowest BCUT2D eigenvalue weighted by Gasteiger charge is -2.22. The Kier molecular flexibility index (Phi) is 6.21. The zero-order chi connectivity index (χ0) is 18.6. The Labute approximate surface area is 153 Å². The van der Waals surface area contributed by atoms with E-state index in [0.717, 1.165) is 11.1 Å². The van der Waals surface area contributed by atoms with Gasteiger partial charge in [0.05, 0.1) is 0 Å². The summed E-state index contributed by atoms with van der Waals surface area (Å²) in [7, 11) is 0. The van der Waals surface area contributed by atoms with Crippen LogP contribution in [0.15, 0.2) is 42.5 Å². The summed E-state index contributed by atoms with van der Waals surface area (Å²) in [6.07, 6.45) is 0. The molecule has 2 amide bonds. The monoisotopic (exact) mass is 358 g/mol. The Morgan fingerprint density at radius 3 is 2.28 bits per heavy atom. The SMILES string of the molecule is Cc1ccc(NC(=O)C(NC(=O)c2ccccc2C)C(C)C)cc1Cl. The molecule has 5 heteroatoms. The predicted octanol–water partition coefficient (Wildman–Crippen LogP) is 4.35. The Hall–Kier alpha value is -2.33. The highest BCUT2D eigenvalue weighted by atomic mass is 35.5. The van der Waals surface area contributed by atoms with Crippen molar-refractivity contribution in [2.75, 3.05) is 5.32 Å². The van der Waals surface area contributed by atoms with Gasteiger partial charge in [-0.1, -0.05) is 49.7 Å². The van der Waals surface area contributed by atoms with Crippen LogP contribution in [0.3, 0.4) is 0 Å². The molecule has 0 aromatic heterocycles. The number of rotatable bonds is 5. The van der Waals surface area contributed by atoms with Gasteiger partial charge in [-0.3, -0.25) is 9.59 Å². The molecule has 2 aromatic carbocycles. The molecule has 2 N–H and O–H groups in total. The van der Waals surface area contributed by atoms with Crippen LogP contribution in [0, 0.1) is 19.8 Å². The number of carbonyl (C=O) groups excluding carboxylic acids is 2. The fourth-order valence-electron chi connectivity index (χ4n) is 2.47. The van der Waals surface area contributed by atoms with Crippen LogP contribution in [0.4, 0.5) is 5.69 Å². The highest BCUT2D eigenvalue weighted by Gasteiger charge is 2.25. The van der Waals surface area contributed by atoms with Crippen molar-refractivity contribution >= 4 is 29.1 Å². The van der Waals surface area contributed by atoms with E-state index in [2.05, 4.69) is 10.6 Å². The number of amides is 2. The van der Waals surface area contributed by atoms with Crippen molar-refractivity contribution in [1.29, 1.82) is 0 Å². The summed E-state index contributed by atoms with van der Waals surface area (Å²) >= 11 is 6.10. The number of anilines is 1. The lowest BCUT2D eigenvalue weighted by atomic mass is 10.0. The average Bonchev–Trinajstić information content (AvgIpc) is 2.55. The molecule has 2 aromatic rings. The maximum absolute atomic E-state index is 12.6. The largest absolute Gasteiger partial charge is 0.340 e. The molecule has 0 aliphatic carbocycles. The van der Waals surface area contributed by atoms with Gasteiger partial charge < -0.3 is 10.6 Å². The van der Waals surface area contributed by atoms with Gasteiger partial charge in [0.25, 0.3) is 5.91 Å². The third kappa shape index (κ3) is 4.83. The first-order valence-electron chi connectivity index (χ1n) is 8.23. The molecule has 1 atom stereocenters. The fourth-order valence-corrected chi connectivity index (χ4v) is 2.65. The van der Waals surface area contributed by atoms with E-state index >= 15 is 0 Å². The van der Waals surface area contributed by atoms with Gasteiger partial charge in [0.15, 0.2) is 0 Å². The number of carbonyl (C=O) groups is 2. The molecule has 2 rings (SSSR count). The van der Waals surface area contributed by atoms with Crippen LogP contribution in [0.25, 0.3) is 0 Å². The molecule has 0 fully saturated rings. The standard InChI is InChI=1S/C20H23ClN2O2/c1-12(2)18(23-19(24)16-8-6-5-7-13(16)3)20(25)22-15-10-9-14(4)17(21)11-15/h5-12,18H,1-4H3,(H,22,25)(H,23,24). The number of hydrogen-bond donors (Lipinski definition) is 2. The van der Waals surface area contributed by atoms with Gasteiger partial charge in [-0.05, 0) is 49.1 Å². The number of benzene rings is 2. The van der Waals surface area contributed by atoms with Gasteiger partial charge in [0.1, 0.15) is 6.04 Å². The molecule has 1 unspecified atom stereocenters. The third-order valence-corrected chi connectivity index (χ3v) is 4.47. The van der Waals surface area contributed by atoms with E-state index in [0.29, 0.717) is 16.3 Å². The van der Waals surface area contributed by atoms with Crippen molar-refractivity contribution in [3.05, 3.63) is 64.2 Å². The molecule has 0 aliphatic rings. The average molecular weight is 359 g/mol. The molecule has 4 nitrogen and oxygen atoms in total. The third-order valence-electron chi connectivity index (χ3n) is 4.06. The highest BCUT2D eigenvalue weighted by Crippen LogP contribution is 2.20. The van der Waals surface area contributed by atoms with Crippen molar-refractivity contribution in [2.24, 2.45) is 5.92 Å². The summed E-state index contributed by atoms with van der Waals surface area (Å²) in [5.74, 6) is -0.584. The van der Waals surface area contributed by atoms with Crippen LogP contribution in [0.1, 0.15) is 35.3 Å². The number of halogens is 1. The number of nitrogens with one attached hydrogen (secondary N) is 2. The lowest BCUT2D eigenvalue weighted by molar-refractivity contribution is -0.118. The van der Waals surface area contributed by atoms with Gasteiger partial charge in [-0.15, -0.1) is 0 Å². The fraction of sp³-hybridized carbons (Fsp3) is 0.300. The van der Waals surface area contributed by atoms with Crippen molar-refractivity contribution < 1.29 is 9.59 Å². The Balaban J connectivity index is 2.14. The molecule has 0 aliphatic heterocycles. The van der Waals surface area contributed by atoms with E-state index in [1.807, 2.05) is 45.9 Å². The second-order valence-corrected chi connectivity index (χ2v) is 6.87. The molecule has 0 radical (unpaired) electrons. The Morgan fingerprint density at radius 1 is 1.00 bits per heavy atom. The zero-order valence-electron chi connectivity index (χ0n) is 14.9. The Bertz CT molecular complexity index is 787. The maximum atomic E-state index is 12.6. The van der Waals surface area contributed by atoms with E-state index in [9.17, 15) is 9.59 Å². The molecule has 0 spiro atoms. The lowest BCUT2D eigenvalue weighted by Crippen LogP contribution is -2.47. The smallest absolute Gasteiger partial charge is 0.252 e. The molecule has 0 bridgehead atoms. The number of aryl methyl sites for hydroxylation is 2. The molecule has 132 valence electrons. The van der Waals surface area contributed by atoms with E-state index in [-0.39, 0.29) is 17.7 Å². The van der Waals surface area contributed by atoms with E-state index in [1.165, 1.54) is 0 Å². The van der Waals surface area contributed by atoms with Crippen LogP contribution < -0.4 is 10.6 Å². The minimum Gasteiger partial charge on any atom is -0.340 e. The predicted molar refractivity (Wildman–Crippen MR) is 102 cm³/mol. The van der Waals surface area contributed by atoms with Crippen LogP contribution in [0.2, 0.25) is 5.02 Å². The normalized spacial score (nSPS) is 11.9. The summed E-state index contributed by atoms with van der Waals surface area (Å²) < 4.78 is 0. The zero-order valence-corrected chi connectivity index (χ0v) is 15.6. The molecular formula is C20H23ClN2O2. The molecule has 0 saturated heterocycles. The van der Waals surface area contributed by atoms with Crippen molar-refractivity contribution in [3.63, 3.8) is 0 Å². The minimum atomic E-state index is -0.646. The van der Waals surface area contributed by atoms with E-state index < -0.39 is 6.04 Å². The summed E-state index contributed by atoms with van der Waals surface area (Å²) in [4.78, 5) is 25.2. The van der Waals surface area contributed by atoms with Crippen LogP contribution in [-0.2, 0) is 4.79 Å². The Morgan fingerprint density at radius 2 is 1.68 bits per heavy atom. The van der Waals surface area contributed by atoms with Crippen molar-refractivity contribution in [1.82, 2.24) is 5.32 Å². The van der Waals surface area contributed by atoms with Gasteiger partial charge in [0.2, 0.25) is 5.91 Å². The van der Waals surface area contributed by atoms with Crippen LogP contribution in [0.5, 0.6) is 0 Å². The molecule has 0 saturated carbocycles. The topological polar surface area (TPSA) is 58.2 Å². The van der Waals surface area contributed by atoms with Crippen molar-refractivity contribution in [2.45, 2.75) is 33.7 Å². The summed E-state index contributed by atoms with van der Waals surface area (Å²) in [5.41, 5.74) is 2.98. The molecular weight excluding hydrogens is 336 g/mol. The molecule has 25 heavy (non-hydrogen) atoms. The van der Waals surface area contributed by atoms with Gasteiger partial charge in [-0.2, -0.15) is 0 Å². The van der Waals surface area contributed by atoms with Crippen LogP contribution >= 0.6 is 11.6 Å². The summed E-state index contributed by atoms with van der Waals surface area (Å²) in [5, 5.41) is 6.25. The summed E-state index contributed by atoms with van der Waals surface area (Å²) in [6, 6.07) is 12.0. The van der Waals surface area contributed by atoms with E-state index in [1.54, 1.807) is 24.3 Å². The minimum absolute atomic E-state index is 0.0612. The van der Waals surface area contributed by atoms with Crippen molar-refractivity contribution in [3.8, 4) is 0 Å². The van der Waals surface area contributed by atoms with Gasteiger partial charge >= 0.3 is 0 Å². The summed E-state index contributed by atoms with van der Waals surface area (Å²) in [6.45, 7) is 7.55. The quantitative estimate of drug-likeness (QED) is 0.834. The molecule has 0 heterocycles. The van der Waals surface area contributed by atoms with Gasteiger partial charge in [-0.25, -0.2) is 0 Å². The first-order valence-corrected chi connectivity index (χ1v) is 8.61. The second kappa shape index (κ2) is 8.17. The second-order valence-electron chi connectivity index (χ2n) is 6.46. The number of hydrogen-bond acceptors (Lipinski definition) is 2. The van der Waals surface area contributed by atoms with Crippen LogP contribution in [-0.4, -0.2) is 17.9 Å².